The van der Waals surface area contributed by atoms with Gasteiger partial charge in [0.25, 0.3) is 0 Å². The summed E-state index contributed by atoms with van der Waals surface area (Å²) in [5.74, 6) is 0. The van der Waals surface area contributed by atoms with Crippen LogP contribution in [0.15, 0.2) is 18.3 Å². The first-order valence-corrected chi connectivity index (χ1v) is 6.48. The molecule has 1 heterocycles. The maximum atomic E-state index is 9.47. The molecular weight excluding hydrogens is 244 g/mol. The number of pyridine rings is 1. The first kappa shape index (κ1) is 15.9. The fourth-order valence-corrected chi connectivity index (χ4v) is 1.94. The van der Waals surface area contributed by atoms with E-state index in [0.717, 1.165) is 12.2 Å². The summed E-state index contributed by atoms with van der Waals surface area (Å²) in [4.78, 5) is 6.46. The van der Waals surface area contributed by atoms with Gasteiger partial charge in [0.05, 0.1) is 36.9 Å². The van der Waals surface area contributed by atoms with E-state index in [1.165, 1.54) is 0 Å². The van der Waals surface area contributed by atoms with Crippen LogP contribution >= 0.6 is 0 Å². The number of nitrogens with zero attached hydrogens (tertiary/aromatic N) is 2. The van der Waals surface area contributed by atoms with Crippen molar-refractivity contribution in [1.82, 2.24) is 4.98 Å². The molecule has 108 valence electrons. The van der Waals surface area contributed by atoms with Gasteiger partial charge in [0.2, 0.25) is 0 Å². The van der Waals surface area contributed by atoms with Gasteiger partial charge in [-0.05, 0) is 26.0 Å². The largest absolute Gasteiger partial charge is 0.387 e. The lowest BCUT2D eigenvalue weighted by atomic mass is 10.2. The van der Waals surface area contributed by atoms with Crippen LogP contribution in [-0.4, -0.2) is 50.1 Å². The third kappa shape index (κ3) is 4.78. The number of anilines is 1. The van der Waals surface area contributed by atoms with Crippen LogP contribution in [0, 0.1) is 0 Å². The van der Waals surface area contributed by atoms with E-state index in [1.807, 2.05) is 12.1 Å². The van der Waals surface area contributed by atoms with Crippen molar-refractivity contribution in [3.63, 3.8) is 0 Å². The van der Waals surface area contributed by atoms with E-state index in [0.29, 0.717) is 18.9 Å². The predicted octanol–water partition coefficient (Wildman–Crippen LogP) is 1.62. The third-order valence-corrected chi connectivity index (χ3v) is 3.01. The molecule has 0 fully saturated rings. The molecule has 1 unspecified atom stereocenters. The Morgan fingerprint density at radius 2 is 2.00 bits per heavy atom. The third-order valence-electron chi connectivity index (χ3n) is 3.01. The Labute approximate surface area is 115 Å². The fraction of sp³-hybridized carbons (Fsp3) is 0.643. The second-order valence-corrected chi connectivity index (χ2v) is 4.61. The van der Waals surface area contributed by atoms with Crippen LogP contribution in [0.2, 0.25) is 0 Å². The van der Waals surface area contributed by atoms with Crippen molar-refractivity contribution in [2.24, 2.45) is 0 Å². The minimum atomic E-state index is -0.544. The normalized spacial score (nSPS) is 14.2. The highest BCUT2D eigenvalue weighted by molar-refractivity contribution is 5.45. The number of hydrogen-bond donors (Lipinski definition) is 1. The van der Waals surface area contributed by atoms with Gasteiger partial charge in [-0.3, -0.25) is 4.98 Å². The Balaban J connectivity index is 2.83. The Morgan fingerprint density at radius 1 is 1.26 bits per heavy atom. The molecule has 2 atom stereocenters. The lowest BCUT2D eigenvalue weighted by Crippen LogP contribution is -2.38. The van der Waals surface area contributed by atoms with E-state index < -0.39 is 6.10 Å². The highest BCUT2D eigenvalue weighted by Crippen LogP contribution is 2.18. The fourth-order valence-electron chi connectivity index (χ4n) is 1.94. The predicted molar refractivity (Wildman–Crippen MR) is 75.4 cm³/mol. The van der Waals surface area contributed by atoms with E-state index in [4.69, 9.17) is 9.47 Å². The molecule has 0 saturated heterocycles. The van der Waals surface area contributed by atoms with Gasteiger partial charge in [0.1, 0.15) is 0 Å². The van der Waals surface area contributed by atoms with E-state index >= 15 is 0 Å². The van der Waals surface area contributed by atoms with Crippen molar-refractivity contribution in [3.05, 3.63) is 24.0 Å². The maximum absolute atomic E-state index is 9.47. The molecule has 5 nitrogen and oxygen atoms in total. The molecule has 1 N–H and O–H groups in total. The number of aromatic nitrogens is 1. The summed E-state index contributed by atoms with van der Waals surface area (Å²) >= 11 is 0. The average Bonchev–Trinajstić information content (AvgIpc) is 2.40. The number of aliphatic hydroxyl groups is 1. The molecule has 1 aromatic rings. The van der Waals surface area contributed by atoms with Crippen LogP contribution in [0.25, 0.3) is 0 Å². The van der Waals surface area contributed by atoms with Gasteiger partial charge in [-0.25, -0.2) is 0 Å². The Morgan fingerprint density at radius 3 is 2.47 bits per heavy atom. The minimum Gasteiger partial charge on any atom is -0.387 e. The summed E-state index contributed by atoms with van der Waals surface area (Å²) in [6.07, 6.45) is 1.24. The minimum absolute atomic E-state index is 0.236. The first-order valence-electron chi connectivity index (χ1n) is 6.48. The highest BCUT2D eigenvalue weighted by atomic mass is 16.5. The zero-order chi connectivity index (χ0) is 14.3. The van der Waals surface area contributed by atoms with E-state index in [1.54, 1.807) is 27.3 Å². The van der Waals surface area contributed by atoms with Crippen LogP contribution in [-0.2, 0) is 9.47 Å². The van der Waals surface area contributed by atoms with Crippen molar-refractivity contribution in [2.75, 3.05) is 38.9 Å². The molecular formula is C14H24N2O3. The molecule has 0 bridgehead atoms. The Kier molecular flexibility index (Phi) is 6.77. The molecule has 0 aliphatic heterocycles. The molecule has 19 heavy (non-hydrogen) atoms. The molecule has 0 amide bonds. The van der Waals surface area contributed by atoms with Crippen LogP contribution in [0.3, 0.4) is 0 Å². The van der Waals surface area contributed by atoms with Crippen molar-refractivity contribution in [2.45, 2.75) is 26.0 Å². The number of ether oxygens (including phenoxy) is 2. The summed E-state index contributed by atoms with van der Waals surface area (Å²) in [7, 11) is 3.38. The van der Waals surface area contributed by atoms with Crippen LogP contribution in [0.5, 0.6) is 0 Å². The Bertz CT molecular complexity index is 354. The number of aliphatic hydroxyl groups excluding tert-OH is 1. The van der Waals surface area contributed by atoms with E-state index in [-0.39, 0.29) is 6.04 Å². The highest BCUT2D eigenvalue weighted by Gasteiger charge is 2.15. The maximum Gasteiger partial charge on any atom is 0.0931 e. The first-order chi connectivity index (χ1) is 9.10. The van der Waals surface area contributed by atoms with Crippen LogP contribution < -0.4 is 4.90 Å². The summed E-state index contributed by atoms with van der Waals surface area (Å²) in [6, 6.07) is 4.05. The van der Waals surface area contributed by atoms with Gasteiger partial charge in [0, 0.05) is 26.8 Å². The van der Waals surface area contributed by atoms with E-state index in [9.17, 15) is 5.11 Å². The molecule has 0 aliphatic rings. The van der Waals surface area contributed by atoms with Crippen LogP contribution in [0.4, 0.5) is 5.69 Å². The summed E-state index contributed by atoms with van der Waals surface area (Å²) in [6.45, 7) is 5.87. The topological polar surface area (TPSA) is 54.8 Å². The van der Waals surface area contributed by atoms with Gasteiger partial charge < -0.3 is 19.5 Å². The molecule has 1 aromatic heterocycles. The van der Waals surface area contributed by atoms with Gasteiger partial charge in [0.15, 0.2) is 0 Å². The quantitative estimate of drug-likeness (QED) is 0.776. The number of methoxy groups -OCH3 is 2. The number of rotatable bonds is 8. The number of hydrogen-bond acceptors (Lipinski definition) is 5. The van der Waals surface area contributed by atoms with Crippen LogP contribution in [0.1, 0.15) is 25.6 Å². The van der Waals surface area contributed by atoms with Crippen molar-refractivity contribution < 1.29 is 14.6 Å². The van der Waals surface area contributed by atoms with Gasteiger partial charge >= 0.3 is 0 Å². The molecule has 0 saturated carbocycles. The zero-order valence-corrected chi connectivity index (χ0v) is 12.2. The molecule has 0 spiro atoms. The van der Waals surface area contributed by atoms with Gasteiger partial charge in [-0.15, -0.1) is 0 Å². The summed E-state index contributed by atoms with van der Waals surface area (Å²) in [5, 5.41) is 9.47. The molecule has 5 heteroatoms. The standard InChI is InChI=1S/C14H24N2O3/c1-11(10-19-4)16(7-8-18-3)13-5-6-14(12(2)17)15-9-13/h5-6,9,11-12,17H,7-8,10H2,1-4H3/t11?,12-/m1/s1. The summed E-state index contributed by atoms with van der Waals surface area (Å²) in [5.41, 5.74) is 1.68. The molecule has 0 radical (unpaired) electrons. The van der Waals surface area contributed by atoms with Crippen molar-refractivity contribution in [1.29, 1.82) is 0 Å². The lowest BCUT2D eigenvalue weighted by molar-refractivity contribution is 0.171. The van der Waals surface area contributed by atoms with Gasteiger partial charge in [-0.2, -0.15) is 0 Å². The monoisotopic (exact) mass is 268 g/mol. The molecule has 1 rings (SSSR count). The summed E-state index contributed by atoms with van der Waals surface area (Å²) < 4.78 is 10.3. The van der Waals surface area contributed by atoms with Gasteiger partial charge in [-0.1, -0.05) is 0 Å². The zero-order valence-electron chi connectivity index (χ0n) is 12.2. The van der Waals surface area contributed by atoms with Crippen molar-refractivity contribution >= 4 is 5.69 Å². The average molecular weight is 268 g/mol. The second kappa shape index (κ2) is 8.09. The second-order valence-electron chi connectivity index (χ2n) is 4.61. The SMILES string of the molecule is COCCN(c1ccc([C@@H](C)O)nc1)C(C)COC. The smallest absolute Gasteiger partial charge is 0.0931 e. The molecule has 0 aliphatic carbocycles. The lowest BCUT2D eigenvalue weighted by Gasteiger charge is -2.30. The van der Waals surface area contributed by atoms with Crippen molar-refractivity contribution in [3.8, 4) is 0 Å². The Hall–Kier alpha value is -1.17. The molecule has 0 aromatic carbocycles. The van der Waals surface area contributed by atoms with E-state index in [2.05, 4.69) is 16.8 Å².